The fourth-order valence-corrected chi connectivity index (χ4v) is 6.11. The van der Waals surface area contributed by atoms with Crippen LogP contribution in [0.4, 0.5) is 5.82 Å². The molecule has 0 unspecified atom stereocenters. The van der Waals surface area contributed by atoms with Gasteiger partial charge in [-0.3, -0.25) is 4.79 Å². The van der Waals surface area contributed by atoms with Gasteiger partial charge in [0.1, 0.15) is 22.8 Å². The van der Waals surface area contributed by atoms with E-state index in [0.29, 0.717) is 23.2 Å². The molecule has 152 valence electrons. The summed E-state index contributed by atoms with van der Waals surface area (Å²) >= 11 is 1.74. The average Bonchev–Trinajstić information content (AvgIpc) is 3.37. The normalized spacial score (nSPS) is 20.5. The molecule has 4 aromatic heterocycles. The maximum atomic E-state index is 13.2. The van der Waals surface area contributed by atoms with Gasteiger partial charge in [-0.1, -0.05) is 0 Å². The molecule has 4 aromatic rings. The van der Waals surface area contributed by atoms with Crippen LogP contribution in [-0.2, 0) is 6.54 Å². The first kappa shape index (κ1) is 17.8. The molecule has 2 atom stereocenters. The Labute approximate surface area is 177 Å². The zero-order valence-electron chi connectivity index (χ0n) is 16.9. The molecule has 6 heterocycles. The van der Waals surface area contributed by atoms with Crippen LogP contribution in [0, 0.1) is 19.8 Å². The first-order chi connectivity index (χ1) is 14.6. The van der Waals surface area contributed by atoms with Crippen molar-refractivity contribution in [3.8, 4) is 11.4 Å². The monoisotopic (exact) mass is 418 g/mol. The Morgan fingerprint density at radius 2 is 2.03 bits per heavy atom. The lowest BCUT2D eigenvalue weighted by Gasteiger charge is -2.43. The summed E-state index contributed by atoms with van der Waals surface area (Å²) in [6.07, 6.45) is 6.24. The number of pyridine rings is 1. The topological polar surface area (TPSA) is 79.7 Å². The molecule has 0 amide bonds. The number of nitrogens with one attached hydrogen (secondary N) is 1. The van der Waals surface area contributed by atoms with Gasteiger partial charge in [0.2, 0.25) is 0 Å². The predicted molar refractivity (Wildman–Crippen MR) is 118 cm³/mol. The number of thiophene rings is 1. The van der Waals surface area contributed by atoms with Gasteiger partial charge in [-0.2, -0.15) is 0 Å². The third kappa shape index (κ3) is 2.56. The van der Waals surface area contributed by atoms with Crippen LogP contribution in [0.15, 0.2) is 35.6 Å². The van der Waals surface area contributed by atoms with Crippen molar-refractivity contribution >= 4 is 27.4 Å². The highest BCUT2D eigenvalue weighted by Crippen LogP contribution is 2.40. The van der Waals surface area contributed by atoms with Crippen molar-refractivity contribution in [3.63, 3.8) is 0 Å². The van der Waals surface area contributed by atoms with Crippen LogP contribution in [0.5, 0.6) is 0 Å². The quantitative estimate of drug-likeness (QED) is 0.539. The smallest absolute Gasteiger partial charge is 0.261 e. The Morgan fingerprint density at radius 1 is 1.13 bits per heavy atom. The number of hydrogen-bond donors (Lipinski definition) is 1. The number of fused-ring (bicyclic) bond motifs is 5. The summed E-state index contributed by atoms with van der Waals surface area (Å²) in [4.78, 5) is 34.5. The van der Waals surface area contributed by atoms with Gasteiger partial charge in [-0.15, -0.1) is 11.3 Å². The highest BCUT2D eigenvalue weighted by atomic mass is 32.1. The van der Waals surface area contributed by atoms with Crippen LogP contribution < -0.4 is 10.5 Å². The minimum Gasteiger partial charge on any atom is -0.355 e. The molecule has 7 nitrogen and oxygen atoms in total. The molecular formula is C22H22N6OS. The average molecular weight is 419 g/mol. The Bertz CT molecular complexity index is 1320. The summed E-state index contributed by atoms with van der Waals surface area (Å²) in [6, 6.07) is 4.03. The van der Waals surface area contributed by atoms with Gasteiger partial charge in [-0.05, 0) is 43.9 Å². The zero-order chi connectivity index (χ0) is 20.4. The van der Waals surface area contributed by atoms with Crippen LogP contribution in [-0.4, -0.2) is 37.6 Å². The molecule has 0 spiro atoms. The lowest BCUT2D eigenvalue weighted by Crippen LogP contribution is -2.47. The second-order valence-electron chi connectivity index (χ2n) is 8.39. The van der Waals surface area contributed by atoms with Gasteiger partial charge in [0.05, 0.1) is 10.9 Å². The maximum Gasteiger partial charge on any atom is 0.261 e. The summed E-state index contributed by atoms with van der Waals surface area (Å²) in [6.45, 7) is 6.84. The standard InChI is InChI=1S/C22H22N6OS/c1-12-13(2)30-21-18(12)20(25-11-26-21)27-8-14-7-15(10-27)17-4-3-16(19-23-5-6-24-19)22(29)28(17)9-14/h3-6,11,14-15H,7-10H2,1-2H3,(H,23,24)/t14-,15+/m0/s1. The zero-order valence-corrected chi connectivity index (χ0v) is 17.7. The fourth-order valence-electron chi connectivity index (χ4n) is 5.12. The van der Waals surface area contributed by atoms with Crippen molar-refractivity contribution in [3.05, 3.63) is 57.3 Å². The molecule has 0 saturated carbocycles. The Kier molecular flexibility index (Phi) is 3.86. The summed E-state index contributed by atoms with van der Waals surface area (Å²) in [5.41, 5.74) is 3.10. The van der Waals surface area contributed by atoms with E-state index < -0.39 is 0 Å². The minimum atomic E-state index is 0.0549. The Morgan fingerprint density at radius 3 is 2.87 bits per heavy atom. The predicted octanol–water partition coefficient (Wildman–Crippen LogP) is 3.48. The summed E-state index contributed by atoms with van der Waals surface area (Å²) in [7, 11) is 0. The fraction of sp³-hybridized carbons (Fsp3) is 0.364. The molecule has 2 aliphatic rings. The molecule has 0 aliphatic carbocycles. The van der Waals surface area contributed by atoms with Gasteiger partial charge in [0.15, 0.2) is 0 Å². The van der Waals surface area contributed by atoms with Crippen LogP contribution in [0.2, 0.25) is 0 Å². The molecular weight excluding hydrogens is 396 g/mol. The van der Waals surface area contributed by atoms with E-state index >= 15 is 0 Å². The van der Waals surface area contributed by atoms with E-state index in [0.717, 1.165) is 42.4 Å². The molecule has 30 heavy (non-hydrogen) atoms. The second kappa shape index (κ2) is 6.50. The van der Waals surface area contributed by atoms with Crippen molar-refractivity contribution < 1.29 is 0 Å². The number of imidazole rings is 1. The number of aryl methyl sites for hydroxylation is 2. The van der Waals surface area contributed by atoms with Crippen LogP contribution >= 0.6 is 11.3 Å². The highest BCUT2D eigenvalue weighted by molar-refractivity contribution is 7.18. The van der Waals surface area contributed by atoms with E-state index in [1.54, 1.807) is 30.1 Å². The molecule has 1 N–H and O–H groups in total. The third-order valence-electron chi connectivity index (χ3n) is 6.60. The van der Waals surface area contributed by atoms with Crippen molar-refractivity contribution in [1.82, 2.24) is 24.5 Å². The first-order valence-corrected chi connectivity index (χ1v) is 11.1. The Hall–Kier alpha value is -3.00. The van der Waals surface area contributed by atoms with Crippen LogP contribution in [0.25, 0.3) is 21.6 Å². The van der Waals surface area contributed by atoms with Crippen molar-refractivity contribution in [1.29, 1.82) is 0 Å². The molecule has 1 saturated heterocycles. The van der Waals surface area contributed by atoms with Gasteiger partial charge in [-0.25, -0.2) is 15.0 Å². The number of aromatic amines is 1. The minimum absolute atomic E-state index is 0.0549. The lowest BCUT2D eigenvalue weighted by atomic mass is 9.83. The summed E-state index contributed by atoms with van der Waals surface area (Å²) < 4.78 is 1.98. The third-order valence-corrected chi connectivity index (χ3v) is 7.72. The van der Waals surface area contributed by atoms with Crippen molar-refractivity contribution in [2.45, 2.75) is 32.7 Å². The van der Waals surface area contributed by atoms with E-state index in [1.165, 1.54) is 15.8 Å². The number of nitrogens with zero attached hydrogens (tertiary/aromatic N) is 5. The largest absolute Gasteiger partial charge is 0.355 e. The lowest BCUT2D eigenvalue weighted by molar-refractivity contribution is 0.281. The number of H-pyrrole nitrogens is 1. The molecule has 2 aliphatic heterocycles. The molecule has 6 rings (SSSR count). The molecule has 8 heteroatoms. The van der Waals surface area contributed by atoms with Crippen LogP contribution in [0.1, 0.15) is 28.5 Å². The molecule has 2 bridgehead atoms. The summed E-state index contributed by atoms with van der Waals surface area (Å²) in [5, 5.41) is 1.19. The van der Waals surface area contributed by atoms with Crippen LogP contribution in [0.3, 0.4) is 0 Å². The van der Waals surface area contributed by atoms with E-state index in [1.807, 2.05) is 10.6 Å². The SMILES string of the molecule is Cc1sc2ncnc(N3C[C@@H]4C[C@H](C3)c3ccc(-c5ncc[nH]5)c(=O)n3C4)c2c1C. The molecule has 0 aromatic carbocycles. The molecule has 1 fully saturated rings. The number of rotatable bonds is 2. The van der Waals surface area contributed by atoms with Gasteiger partial charge < -0.3 is 14.5 Å². The number of anilines is 1. The van der Waals surface area contributed by atoms with E-state index in [9.17, 15) is 4.79 Å². The number of piperidine rings is 1. The van der Waals surface area contributed by atoms with Crippen molar-refractivity contribution in [2.75, 3.05) is 18.0 Å². The summed E-state index contributed by atoms with van der Waals surface area (Å²) in [5.74, 6) is 2.42. The maximum absolute atomic E-state index is 13.2. The van der Waals surface area contributed by atoms with Gasteiger partial charge >= 0.3 is 0 Å². The number of aromatic nitrogens is 5. The van der Waals surface area contributed by atoms with Gasteiger partial charge in [0.25, 0.3) is 5.56 Å². The highest BCUT2D eigenvalue weighted by Gasteiger charge is 2.36. The molecule has 0 radical (unpaired) electrons. The van der Waals surface area contributed by atoms with E-state index in [4.69, 9.17) is 4.98 Å². The van der Waals surface area contributed by atoms with E-state index in [2.05, 4.69) is 39.8 Å². The van der Waals surface area contributed by atoms with Gasteiger partial charge in [0, 0.05) is 48.5 Å². The van der Waals surface area contributed by atoms with E-state index in [-0.39, 0.29) is 5.56 Å². The first-order valence-electron chi connectivity index (χ1n) is 10.3. The number of hydrogen-bond acceptors (Lipinski definition) is 6. The second-order valence-corrected chi connectivity index (χ2v) is 9.59. The van der Waals surface area contributed by atoms with Crippen molar-refractivity contribution in [2.24, 2.45) is 5.92 Å². The Balaban J connectivity index is 1.41.